The van der Waals surface area contributed by atoms with Gasteiger partial charge in [-0.25, -0.2) is 0 Å². The summed E-state index contributed by atoms with van der Waals surface area (Å²) in [5, 5.41) is 2.82. The van der Waals surface area contributed by atoms with E-state index in [1.807, 2.05) is 12.1 Å². The van der Waals surface area contributed by atoms with Crippen LogP contribution in [0.4, 0.5) is 11.4 Å². The van der Waals surface area contributed by atoms with Crippen LogP contribution in [-0.4, -0.2) is 5.91 Å². The molecule has 0 saturated heterocycles. The first-order valence-corrected chi connectivity index (χ1v) is 7.66. The Bertz CT molecular complexity index is 644. The van der Waals surface area contributed by atoms with Crippen LogP contribution >= 0.6 is 47.8 Å². The van der Waals surface area contributed by atoms with Crippen LogP contribution in [0.25, 0.3) is 0 Å². The molecule has 0 bridgehead atoms. The van der Waals surface area contributed by atoms with Gasteiger partial charge in [0.15, 0.2) is 0 Å². The predicted molar refractivity (Wildman–Crippen MR) is 88.3 cm³/mol. The molecule has 0 aliphatic rings. The highest BCUT2D eigenvalue weighted by Gasteiger charge is 2.12. The smallest absolute Gasteiger partial charge is 0.256 e. The van der Waals surface area contributed by atoms with Gasteiger partial charge in [0, 0.05) is 19.1 Å². The van der Waals surface area contributed by atoms with Crippen molar-refractivity contribution in [3.63, 3.8) is 0 Å². The zero-order valence-electron chi connectivity index (χ0n) is 9.58. The highest BCUT2D eigenvalue weighted by molar-refractivity contribution is 9.11. The third-order valence-corrected chi connectivity index (χ3v) is 4.26. The topological polar surface area (TPSA) is 55.1 Å². The summed E-state index contributed by atoms with van der Waals surface area (Å²) in [6, 6.07) is 10.6. The van der Waals surface area contributed by atoms with Gasteiger partial charge >= 0.3 is 0 Å². The van der Waals surface area contributed by atoms with Crippen LogP contribution in [0.15, 0.2) is 49.8 Å². The van der Waals surface area contributed by atoms with Gasteiger partial charge in [-0.2, -0.15) is 0 Å². The molecule has 0 radical (unpaired) electrons. The molecule has 0 aliphatic carbocycles. The molecule has 0 fully saturated rings. The number of carbonyl (C=O) groups is 1. The summed E-state index contributed by atoms with van der Waals surface area (Å²) in [6.07, 6.45) is 0. The number of nitrogen functional groups attached to an aromatic ring is 1. The zero-order chi connectivity index (χ0) is 14.0. The summed E-state index contributed by atoms with van der Waals surface area (Å²) in [5.41, 5.74) is 7.49. The number of anilines is 2. The number of benzene rings is 2. The molecule has 0 unspecified atom stereocenters. The summed E-state index contributed by atoms with van der Waals surface area (Å²) < 4.78 is 2.41. The van der Waals surface area contributed by atoms with E-state index in [0.717, 1.165) is 13.4 Å². The van der Waals surface area contributed by atoms with Crippen LogP contribution in [0.5, 0.6) is 0 Å². The molecule has 2 aromatic carbocycles. The Morgan fingerprint density at radius 1 is 1.00 bits per heavy atom. The number of hydrogen-bond donors (Lipinski definition) is 2. The van der Waals surface area contributed by atoms with Crippen LogP contribution in [0.3, 0.4) is 0 Å². The lowest BCUT2D eigenvalue weighted by Crippen LogP contribution is -2.13. The van der Waals surface area contributed by atoms with Crippen LogP contribution in [-0.2, 0) is 0 Å². The normalized spacial score (nSPS) is 10.3. The van der Waals surface area contributed by atoms with Gasteiger partial charge < -0.3 is 11.1 Å². The second-order valence-electron chi connectivity index (χ2n) is 3.82. The fourth-order valence-corrected chi connectivity index (χ4v) is 3.07. The minimum absolute atomic E-state index is 0.203. The van der Waals surface area contributed by atoms with Crippen molar-refractivity contribution >= 4 is 65.1 Å². The van der Waals surface area contributed by atoms with Gasteiger partial charge in [-0.3, -0.25) is 4.79 Å². The van der Waals surface area contributed by atoms with E-state index in [2.05, 4.69) is 53.1 Å². The fraction of sp³-hybridized carbons (Fsp3) is 0. The highest BCUT2D eigenvalue weighted by Crippen LogP contribution is 2.27. The molecule has 98 valence electrons. The summed E-state index contributed by atoms with van der Waals surface area (Å²) in [7, 11) is 0. The first-order chi connectivity index (χ1) is 8.97. The van der Waals surface area contributed by atoms with Crippen molar-refractivity contribution in [2.24, 2.45) is 0 Å². The number of halogens is 3. The van der Waals surface area contributed by atoms with Crippen molar-refractivity contribution in [2.45, 2.75) is 0 Å². The van der Waals surface area contributed by atoms with E-state index in [4.69, 9.17) is 5.73 Å². The minimum atomic E-state index is -0.203. The number of carbonyl (C=O) groups excluding carboxylic acids is 1. The second-order valence-corrected chi connectivity index (χ2v) is 6.44. The largest absolute Gasteiger partial charge is 0.399 e. The Labute approximate surface area is 136 Å². The van der Waals surface area contributed by atoms with Gasteiger partial charge in [0.2, 0.25) is 0 Å². The number of amides is 1. The molecule has 0 atom stereocenters. The van der Waals surface area contributed by atoms with Gasteiger partial charge in [0.05, 0.1) is 11.3 Å². The highest BCUT2D eigenvalue weighted by atomic mass is 79.9. The molecule has 0 heterocycles. The van der Waals surface area contributed by atoms with E-state index in [-0.39, 0.29) is 5.91 Å². The third kappa shape index (κ3) is 3.58. The fourth-order valence-electron chi connectivity index (χ4n) is 1.50. The van der Waals surface area contributed by atoms with Crippen molar-refractivity contribution in [1.82, 2.24) is 0 Å². The molecular weight excluding hydrogens is 440 g/mol. The molecule has 1 amide bonds. The lowest BCUT2D eigenvalue weighted by atomic mass is 10.2. The Morgan fingerprint density at radius 2 is 1.74 bits per heavy atom. The molecule has 0 aromatic heterocycles. The maximum Gasteiger partial charge on any atom is 0.256 e. The van der Waals surface area contributed by atoms with Crippen molar-refractivity contribution < 1.29 is 4.79 Å². The second kappa shape index (κ2) is 6.07. The van der Waals surface area contributed by atoms with E-state index >= 15 is 0 Å². The van der Waals surface area contributed by atoms with Crippen molar-refractivity contribution in [1.29, 1.82) is 0 Å². The molecule has 3 N–H and O–H groups in total. The van der Waals surface area contributed by atoms with Crippen molar-refractivity contribution in [3.8, 4) is 0 Å². The van der Waals surface area contributed by atoms with E-state index in [0.29, 0.717) is 16.9 Å². The van der Waals surface area contributed by atoms with E-state index in [9.17, 15) is 4.79 Å². The molecular formula is C13H9Br3N2O. The number of nitrogens with one attached hydrogen (secondary N) is 1. The van der Waals surface area contributed by atoms with Crippen LogP contribution in [0, 0.1) is 0 Å². The zero-order valence-corrected chi connectivity index (χ0v) is 14.3. The first kappa shape index (κ1) is 14.6. The Hall–Kier alpha value is -0.850. The molecule has 19 heavy (non-hydrogen) atoms. The van der Waals surface area contributed by atoms with Gasteiger partial charge in [0.1, 0.15) is 0 Å². The monoisotopic (exact) mass is 446 g/mol. The van der Waals surface area contributed by atoms with Crippen molar-refractivity contribution in [3.05, 3.63) is 55.4 Å². The van der Waals surface area contributed by atoms with Crippen LogP contribution < -0.4 is 11.1 Å². The Balaban J connectivity index is 2.28. The standard InChI is InChI=1S/C13H9Br3N2O/c14-7-1-3-9(11(16)5-7)13(19)18-12-6-8(17)2-4-10(12)15/h1-6H,17H2,(H,18,19). The van der Waals surface area contributed by atoms with Gasteiger partial charge in [0.25, 0.3) is 5.91 Å². The van der Waals surface area contributed by atoms with E-state index in [1.54, 1.807) is 24.3 Å². The van der Waals surface area contributed by atoms with Crippen molar-refractivity contribution in [2.75, 3.05) is 11.1 Å². The average molecular weight is 449 g/mol. The Kier molecular flexibility index (Phi) is 4.65. The van der Waals surface area contributed by atoms with Gasteiger partial charge in [-0.1, -0.05) is 15.9 Å². The lowest BCUT2D eigenvalue weighted by molar-refractivity contribution is 0.102. The lowest BCUT2D eigenvalue weighted by Gasteiger charge is -2.09. The van der Waals surface area contributed by atoms with E-state index < -0.39 is 0 Å². The SMILES string of the molecule is Nc1ccc(Br)c(NC(=O)c2ccc(Br)cc2Br)c1. The number of hydrogen-bond acceptors (Lipinski definition) is 2. The summed E-state index contributed by atoms with van der Waals surface area (Å²) in [5.74, 6) is -0.203. The summed E-state index contributed by atoms with van der Waals surface area (Å²) in [4.78, 5) is 12.2. The average Bonchev–Trinajstić information content (AvgIpc) is 2.33. The molecule has 2 rings (SSSR count). The summed E-state index contributed by atoms with van der Waals surface area (Å²) >= 11 is 10.1. The third-order valence-electron chi connectivity index (χ3n) is 2.41. The summed E-state index contributed by atoms with van der Waals surface area (Å²) in [6.45, 7) is 0. The van der Waals surface area contributed by atoms with Crippen LogP contribution in [0.2, 0.25) is 0 Å². The molecule has 0 aliphatic heterocycles. The number of nitrogens with two attached hydrogens (primary N) is 1. The minimum Gasteiger partial charge on any atom is -0.399 e. The quantitative estimate of drug-likeness (QED) is 0.648. The first-order valence-electron chi connectivity index (χ1n) is 5.29. The molecule has 3 nitrogen and oxygen atoms in total. The molecule has 0 spiro atoms. The van der Waals surface area contributed by atoms with Gasteiger partial charge in [-0.05, 0) is 68.3 Å². The molecule has 2 aromatic rings. The molecule has 0 saturated carbocycles. The predicted octanol–water partition coefficient (Wildman–Crippen LogP) is 4.81. The molecule has 6 heteroatoms. The number of rotatable bonds is 2. The van der Waals surface area contributed by atoms with E-state index in [1.165, 1.54) is 0 Å². The Morgan fingerprint density at radius 3 is 2.42 bits per heavy atom. The maximum atomic E-state index is 12.2. The van der Waals surface area contributed by atoms with Gasteiger partial charge in [-0.15, -0.1) is 0 Å². The maximum absolute atomic E-state index is 12.2. The van der Waals surface area contributed by atoms with Crippen LogP contribution in [0.1, 0.15) is 10.4 Å².